The summed E-state index contributed by atoms with van der Waals surface area (Å²) in [5, 5.41) is 0. The maximum absolute atomic E-state index is 10.9. The molecule has 5 nitrogen and oxygen atoms in total. The van der Waals surface area contributed by atoms with Gasteiger partial charge in [0.1, 0.15) is 12.4 Å². The van der Waals surface area contributed by atoms with E-state index in [9.17, 15) is 4.79 Å². The predicted octanol–water partition coefficient (Wildman–Crippen LogP) is 1.19. The fourth-order valence-corrected chi connectivity index (χ4v) is 1.56. The lowest BCUT2D eigenvalue weighted by molar-refractivity contribution is -0.146. The summed E-state index contributed by atoms with van der Waals surface area (Å²) >= 11 is 0. The number of rotatable bonds is 6. The quantitative estimate of drug-likeness (QED) is 0.771. The van der Waals surface area contributed by atoms with Gasteiger partial charge >= 0.3 is 5.97 Å². The Morgan fingerprint density at radius 3 is 2.72 bits per heavy atom. The zero-order valence-corrected chi connectivity index (χ0v) is 10.9. The van der Waals surface area contributed by atoms with Crippen molar-refractivity contribution in [1.82, 2.24) is 0 Å². The maximum atomic E-state index is 10.9. The van der Waals surface area contributed by atoms with Crippen LogP contribution in [0.2, 0.25) is 0 Å². The lowest BCUT2D eigenvalue weighted by Gasteiger charge is -2.16. The third-order valence-electron chi connectivity index (χ3n) is 2.53. The largest absolute Gasteiger partial charge is 0.496 e. The molecule has 1 unspecified atom stereocenters. The summed E-state index contributed by atoms with van der Waals surface area (Å²) in [7, 11) is 2.91. The first-order chi connectivity index (χ1) is 8.58. The number of nitrogens with two attached hydrogens (primary N) is 1. The highest BCUT2D eigenvalue weighted by molar-refractivity contribution is 5.70. The van der Waals surface area contributed by atoms with E-state index >= 15 is 0 Å². The second kappa shape index (κ2) is 6.98. The molecule has 0 radical (unpaired) electrons. The zero-order chi connectivity index (χ0) is 13.5. The monoisotopic (exact) mass is 253 g/mol. The number of methoxy groups -OCH3 is 2. The Hall–Kier alpha value is -1.59. The minimum atomic E-state index is -0.418. The molecule has 0 aromatic heterocycles. The van der Waals surface area contributed by atoms with Gasteiger partial charge in [0.25, 0.3) is 0 Å². The van der Waals surface area contributed by atoms with Gasteiger partial charge in [-0.3, -0.25) is 0 Å². The van der Waals surface area contributed by atoms with Crippen molar-refractivity contribution in [2.24, 2.45) is 5.73 Å². The van der Waals surface area contributed by atoms with Crippen molar-refractivity contribution >= 4 is 5.97 Å². The molecule has 18 heavy (non-hydrogen) atoms. The molecule has 0 amide bonds. The molecule has 0 aliphatic heterocycles. The third-order valence-corrected chi connectivity index (χ3v) is 2.53. The van der Waals surface area contributed by atoms with Crippen LogP contribution in [0.3, 0.4) is 0 Å². The van der Waals surface area contributed by atoms with Crippen LogP contribution in [0.5, 0.6) is 5.75 Å². The lowest BCUT2D eigenvalue weighted by atomic mass is 10.0. The van der Waals surface area contributed by atoms with Crippen LogP contribution in [-0.4, -0.2) is 33.4 Å². The van der Waals surface area contributed by atoms with Crippen molar-refractivity contribution < 1.29 is 19.0 Å². The predicted molar refractivity (Wildman–Crippen MR) is 67.5 cm³/mol. The molecule has 100 valence electrons. The minimum Gasteiger partial charge on any atom is -0.496 e. The van der Waals surface area contributed by atoms with Crippen LogP contribution in [-0.2, 0) is 14.3 Å². The van der Waals surface area contributed by atoms with Gasteiger partial charge in [-0.05, 0) is 13.0 Å². The molecule has 0 heterocycles. The van der Waals surface area contributed by atoms with E-state index in [-0.39, 0.29) is 19.3 Å². The van der Waals surface area contributed by atoms with Crippen LogP contribution in [0.1, 0.15) is 17.2 Å². The normalized spacial score (nSPS) is 12.0. The van der Waals surface area contributed by atoms with E-state index in [4.69, 9.17) is 15.2 Å². The van der Waals surface area contributed by atoms with Gasteiger partial charge < -0.3 is 19.9 Å². The summed E-state index contributed by atoms with van der Waals surface area (Å²) in [4.78, 5) is 10.9. The molecular weight excluding hydrogens is 234 g/mol. The van der Waals surface area contributed by atoms with E-state index in [2.05, 4.69) is 4.74 Å². The first-order valence-electron chi connectivity index (χ1n) is 5.63. The van der Waals surface area contributed by atoms with Crippen LogP contribution in [0.15, 0.2) is 18.2 Å². The molecule has 2 N–H and O–H groups in total. The molecule has 1 aromatic rings. The van der Waals surface area contributed by atoms with Gasteiger partial charge in [0.15, 0.2) is 0 Å². The number of hydrogen-bond acceptors (Lipinski definition) is 5. The summed E-state index contributed by atoms with van der Waals surface area (Å²) in [6.07, 6.45) is 0. The summed E-state index contributed by atoms with van der Waals surface area (Å²) in [6.45, 7) is 2.11. The number of hydrogen-bond donors (Lipinski definition) is 1. The van der Waals surface area contributed by atoms with Crippen LogP contribution in [0, 0.1) is 6.92 Å². The van der Waals surface area contributed by atoms with Crippen molar-refractivity contribution in [2.75, 3.05) is 27.4 Å². The van der Waals surface area contributed by atoms with Crippen molar-refractivity contribution in [3.05, 3.63) is 29.3 Å². The third kappa shape index (κ3) is 4.01. The van der Waals surface area contributed by atoms with E-state index in [1.165, 1.54) is 7.11 Å². The molecule has 1 rings (SSSR count). The van der Waals surface area contributed by atoms with Crippen LogP contribution >= 0.6 is 0 Å². The standard InChI is InChI=1S/C13H19NO4/c1-9-4-5-12(16-2)10(6-9)11(14)7-18-8-13(15)17-3/h4-6,11H,7-8,14H2,1-3H3. The van der Waals surface area contributed by atoms with E-state index in [1.807, 2.05) is 25.1 Å². The SMILES string of the molecule is COC(=O)COCC(N)c1cc(C)ccc1OC. The van der Waals surface area contributed by atoms with Gasteiger partial charge in [-0.15, -0.1) is 0 Å². The van der Waals surface area contributed by atoms with Gasteiger partial charge in [0.05, 0.1) is 26.9 Å². The molecule has 0 aliphatic carbocycles. The molecule has 5 heteroatoms. The Labute approximate surface area is 107 Å². The summed E-state index contributed by atoms with van der Waals surface area (Å²) in [6, 6.07) is 5.42. The number of esters is 1. The van der Waals surface area contributed by atoms with Crippen LogP contribution < -0.4 is 10.5 Å². The van der Waals surface area contributed by atoms with E-state index in [1.54, 1.807) is 7.11 Å². The maximum Gasteiger partial charge on any atom is 0.331 e. The van der Waals surface area contributed by atoms with Gasteiger partial charge in [-0.2, -0.15) is 0 Å². The molecule has 0 saturated carbocycles. The fourth-order valence-electron chi connectivity index (χ4n) is 1.56. The highest BCUT2D eigenvalue weighted by Crippen LogP contribution is 2.25. The first-order valence-corrected chi connectivity index (χ1v) is 5.63. The molecule has 1 aromatic carbocycles. The van der Waals surface area contributed by atoms with Crippen LogP contribution in [0.4, 0.5) is 0 Å². The van der Waals surface area contributed by atoms with Gasteiger partial charge in [0, 0.05) is 5.56 Å². The Morgan fingerprint density at radius 1 is 1.39 bits per heavy atom. The molecule has 1 atom stereocenters. The molecular formula is C13H19NO4. The number of ether oxygens (including phenoxy) is 3. The molecule has 0 bridgehead atoms. The Morgan fingerprint density at radius 2 is 2.11 bits per heavy atom. The Kier molecular flexibility index (Phi) is 5.61. The van der Waals surface area contributed by atoms with Crippen LogP contribution in [0.25, 0.3) is 0 Å². The van der Waals surface area contributed by atoms with Gasteiger partial charge in [0.2, 0.25) is 0 Å². The number of benzene rings is 1. The average Bonchev–Trinajstić information content (AvgIpc) is 2.38. The number of carbonyl (C=O) groups is 1. The Balaban J connectivity index is 2.62. The summed E-state index contributed by atoms with van der Waals surface area (Å²) in [5.41, 5.74) is 7.97. The number of carbonyl (C=O) groups excluding carboxylic acids is 1. The minimum absolute atomic E-state index is 0.0989. The van der Waals surface area contributed by atoms with Gasteiger partial charge in [-0.1, -0.05) is 17.7 Å². The molecule has 0 fully saturated rings. The topological polar surface area (TPSA) is 70.8 Å². The number of aryl methyl sites for hydroxylation is 1. The van der Waals surface area contributed by atoms with Crippen molar-refractivity contribution in [3.8, 4) is 5.75 Å². The van der Waals surface area contributed by atoms with E-state index in [0.29, 0.717) is 0 Å². The smallest absolute Gasteiger partial charge is 0.331 e. The van der Waals surface area contributed by atoms with Crippen molar-refractivity contribution in [1.29, 1.82) is 0 Å². The summed E-state index contributed by atoms with van der Waals surface area (Å²) in [5.74, 6) is 0.299. The first kappa shape index (κ1) is 14.5. The molecule has 0 aliphatic rings. The van der Waals surface area contributed by atoms with E-state index in [0.717, 1.165) is 16.9 Å². The average molecular weight is 253 g/mol. The zero-order valence-electron chi connectivity index (χ0n) is 10.9. The highest BCUT2D eigenvalue weighted by Gasteiger charge is 2.13. The summed E-state index contributed by atoms with van der Waals surface area (Å²) < 4.78 is 14.9. The second-order valence-corrected chi connectivity index (χ2v) is 3.94. The molecule has 0 spiro atoms. The van der Waals surface area contributed by atoms with Crippen molar-refractivity contribution in [2.45, 2.75) is 13.0 Å². The van der Waals surface area contributed by atoms with E-state index < -0.39 is 5.97 Å². The van der Waals surface area contributed by atoms with Gasteiger partial charge in [-0.25, -0.2) is 4.79 Å². The fraction of sp³-hybridized carbons (Fsp3) is 0.462. The Bertz CT molecular complexity index is 406. The highest BCUT2D eigenvalue weighted by atomic mass is 16.6. The molecule has 0 saturated heterocycles. The van der Waals surface area contributed by atoms with Crippen molar-refractivity contribution in [3.63, 3.8) is 0 Å². The second-order valence-electron chi connectivity index (χ2n) is 3.94. The lowest BCUT2D eigenvalue weighted by Crippen LogP contribution is -2.21.